The third kappa shape index (κ3) is 2.75. The van der Waals surface area contributed by atoms with Gasteiger partial charge in [0.2, 0.25) is 0 Å². The molecule has 0 amide bonds. The molecule has 112 valence electrons. The highest BCUT2D eigenvalue weighted by Crippen LogP contribution is 2.33. The molecule has 1 aromatic heterocycles. The zero-order valence-electron chi connectivity index (χ0n) is 13.0. The van der Waals surface area contributed by atoms with Crippen molar-refractivity contribution < 1.29 is 4.74 Å². The van der Waals surface area contributed by atoms with Gasteiger partial charge in [-0.25, -0.2) is 0 Å². The summed E-state index contributed by atoms with van der Waals surface area (Å²) in [5.74, 6) is 0.936. The first kappa shape index (κ1) is 14.0. The molecular formula is C17H23N3O. The Morgan fingerprint density at radius 1 is 1.43 bits per heavy atom. The van der Waals surface area contributed by atoms with Gasteiger partial charge in [-0.3, -0.25) is 4.68 Å². The Morgan fingerprint density at radius 3 is 3.05 bits per heavy atom. The molecule has 0 saturated carbocycles. The quantitative estimate of drug-likeness (QED) is 0.932. The number of benzene rings is 1. The molecule has 0 spiro atoms. The Morgan fingerprint density at radius 2 is 2.29 bits per heavy atom. The second-order valence-electron chi connectivity index (χ2n) is 5.67. The maximum Gasteiger partial charge on any atom is 0.119 e. The van der Waals surface area contributed by atoms with Crippen molar-refractivity contribution in [3.8, 4) is 5.75 Å². The summed E-state index contributed by atoms with van der Waals surface area (Å²) in [6, 6.07) is 6.61. The molecule has 2 aromatic rings. The minimum absolute atomic E-state index is 0.360. The molecule has 0 aliphatic heterocycles. The average molecular weight is 285 g/mol. The first-order valence-electron chi connectivity index (χ1n) is 7.69. The van der Waals surface area contributed by atoms with Gasteiger partial charge in [-0.05, 0) is 56.9 Å². The monoisotopic (exact) mass is 285 g/mol. The second-order valence-corrected chi connectivity index (χ2v) is 5.67. The number of hydrogen-bond acceptors (Lipinski definition) is 3. The lowest BCUT2D eigenvalue weighted by Crippen LogP contribution is -2.18. The first-order valence-corrected chi connectivity index (χ1v) is 7.69. The van der Waals surface area contributed by atoms with Crippen molar-refractivity contribution in [1.82, 2.24) is 9.78 Å². The van der Waals surface area contributed by atoms with Crippen LogP contribution in [-0.4, -0.2) is 16.4 Å². The normalized spacial score (nSPS) is 17.4. The molecule has 1 atom stereocenters. The third-order valence-electron chi connectivity index (χ3n) is 4.21. The minimum Gasteiger partial charge on any atom is -0.494 e. The molecule has 0 bridgehead atoms. The Kier molecular flexibility index (Phi) is 3.86. The number of rotatable bonds is 4. The lowest BCUT2D eigenvalue weighted by molar-refractivity contribution is 0.340. The molecule has 4 heteroatoms. The van der Waals surface area contributed by atoms with Gasteiger partial charge in [0.25, 0.3) is 0 Å². The van der Waals surface area contributed by atoms with Crippen molar-refractivity contribution >= 4 is 5.69 Å². The molecule has 1 aliphatic carbocycles. The summed E-state index contributed by atoms with van der Waals surface area (Å²) in [5, 5.41) is 8.09. The molecule has 1 unspecified atom stereocenters. The predicted octanol–water partition coefficient (Wildman–Crippen LogP) is 3.62. The van der Waals surface area contributed by atoms with E-state index in [1.807, 2.05) is 30.9 Å². The molecule has 0 saturated heterocycles. The van der Waals surface area contributed by atoms with Crippen molar-refractivity contribution in [1.29, 1.82) is 0 Å². The lowest BCUT2D eigenvalue weighted by Gasteiger charge is -2.25. The van der Waals surface area contributed by atoms with Crippen LogP contribution >= 0.6 is 0 Å². The van der Waals surface area contributed by atoms with Crippen LogP contribution in [0.4, 0.5) is 5.69 Å². The average Bonchev–Trinajstić information content (AvgIpc) is 2.85. The zero-order valence-corrected chi connectivity index (χ0v) is 13.0. The fraction of sp³-hybridized carbons (Fsp3) is 0.471. The number of aromatic nitrogens is 2. The lowest BCUT2D eigenvalue weighted by atomic mass is 9.92. The van der Waals surface area contributed by atoms with Crippen molar-refractivity contribution in [2.75, 3.05) is 11.9 Å². The molecule has 1 aromatic carbocycles. The maximum absolute atomic E-state index is 5.55. The maximum atomic E-state index is 5.55. The molecular weight excluding hydrogens is 262 g/mol. The van der Waals surface area contributed by atoms with E-state index in [1.165, 1.54) is 28.9 Å². The number of nitrogens with one attached hydrogen (secondary N) is 1. The number of fused-ring (bicyclic) bond motifs is 1. The molecule has 4 nitrogen and oxygen atoms in total. The Hall–Kier alpha value is -1.97. The number of ether oxygens (including phenoxy) is 1. The smallest absolute Gasteiger partial charge is 0.119 e. The minimum atomic E-state index is 0.360. The number of anilines is 1. The fourth-order valence-corrected chi connectivity index (χ4v) is 3.10. The molecule has 0 radical (unpaired) electrons. The Bertz CT molecular complexity index is 633. The van der Waals surface area contributed by atoms with Crippen LogP contribution in [0.2, 0.25) is 0 Å². The van der Waals surface area contributed by atoms with Gasteiger partial charge < -0.3 is 10.1 Å². The van der Waals surface area contributed by atoms with Gasteiger partial charge in [0, 0.05) is 24.0 Å². The van der Waals surface area contributed by atoms with Gasteiger partial charge in [0.05, 0.1) is 18.8 Å². The van der Waals surface area contributed by atoms with E-state index in [-0.39, 0.29) is 0 Å². The Balaban J connectivity index is 1.81. The highest BCUT2D eigenvalue weighted by molar-refractivity contribution is 5.55. The van der Waals surface area contributed by atoms with Crippen molar-refractivity contribution in [3.63, 3.8) is 0 Å². The molecule has 3 rings (SSSR count). The standard InChI is InChI=1S/C17H23N3O/c1-4-21-13-8-9-15(12(2)10-13)19-16-6-5-7-17-14(16)11-18-20(17)3/h8-11,16,19H,4-7H2,1-3H3. The molecule has 1 heterocycles. The van der Waals surface area contributed by atoms with Crippen LogP contribution < -0.4 is 10.1 Å². The first-order chi connectivity index (χ1) is 10.2. The predicted molar refractivity (Wildman–Crippen MR) is 84.9 cm³/mol. The van der Waals surface area contributed by atoms with Crippen LogP contribution in [0, 0.1) is 6.92 Å². The number of aryl methyl sites for hydroxylation is 2. The van der Waals surface area contributed by atoms with Crippen LogP contribution in [0.3, 0.4) is 0 Å². The van der Waals surface area contributed by atoms with Gasteiger partial charge in [-0.2, -0.15) is 5.10 Å². The van der Waals surface area contributed by atoms with E-state index in [1.54, 1.807) is 0 Å². The van der Waals surface area contributed by atoms with Crippen LogP contribution in [0.25, 0.3) is 0 Å². The van der Waals surface area contributed by atoms with E-state index in [4.69, 9.17) is 4.74 Å². The highest BCUT2D eigenvalue weighted by Gasteiger charge is 2.23. The second kappa shape index (κ2) is 5.80. The van der Waals surface area contributed by atoms with E-state index in [0.29, 0.717) is 12.6 Å². The summed E-state index contributed by atoms with van der Waals surface area (Å²) in [5.41, 5.74) is 5.11. The summed E-state index contributed by atoms with van der Waals surface area (Å²) in [6.45, 7) is 4.83. The van der Waals surface area contributed by atoms with Crippen LogP contribution in [0.1, 0.15) is 42.6 Å². The number of nitrogens with zero attached hydrogens (tertiary/aromatic N) is 2. The molecule has 21 heavy (non-hydrogen) atoms. The van der Waals surface area contributed by atoms with E-state index < -0.39 is 0 Å². The van der Waals surface area contributed by atoms with Gasteiger partial charge in [0.1, 0.15) is 5.75 Å². The highest BCUT2D eigenvalue weighted by atomic mass is 16.5. The van der Waals surface area contributed by atoms with Gasteiger partial charge in [0.15, 0.2) is 0 Å². The molecule has 0 fully saturated rings. The van der Waals surface area contributed by atoms with E-state index in [2.05, 4.69) is 29.5 Å². The summed E-state index contributed by atoms with van der Waals surface area (Å²) >= 11 is 0. The van der Waals surface area contributed by atoms with Gasteiger partial charge >= 0.3 is 0 Å². The van der Waals surface area contributed by atoms with E-state index >= 15 is 0 Å². The molecule has 1 N–H and O–H groups in total. The Labute approximate surface area is 126 Å². The SMILES string of the molecule is CCOc1ccc(NC2CCCc3c2cnn3C)c(C)c1. The topological polar surface area (TPSA) is 39.1 Å². The van der Waals surface area contributed by atoms with Crippen LogP contribution in [0.15, 0.2) is 24.4 Å². The summed E-state index contributed by atoms with van der Waals surface area (Å²) in [7, 11) is 2.03. The fourth-order valence-electron chi connectivity index (χ4n) is 3.10. The van der Waals surface area contributed by atoms with Crippen molar-refractivity contribution in [2.45, 2.75) is 39.2 Å². The molecule has 1 aliphatic rings. The van der Waals surface area contributed by atoms with Crippen molar-refractivity contribution in [3.05, 3.63) is 41.2 Å². The zero-order chi connectivity index (χ0) is 14.8. The summed E-state index contributed by atoms with van der Waals surface area (Å²) < 4.78 is 7.56. The van der Waals surface area contributed by atoms with Crippen LogP contribution in [-0.2, 0) is 13.5 Å². The largest absolute Gasteiger partial charge is 0.494 e. The van der Waals surface area contributed by atoms with Gasteiger partial charge in [-0.1, -0.05) is 0 Å². The number of hydrogen-bond donors (Lipinski definition) is 1. The van der Waals surface area contributed by atoms with Crippen molar-refractivity contribution in [2.24, 2.45) is 7.05 Å². The van der Waals surface area contributed by atoms with E-state index in [9.17, 15) is 0 Å². The summed E-state index contributed by atoms with van der Waals surface area (Å²) in [6.07, 6.45) is 5.51. The van der Waals surface area contributed by atoms with Crippen LogP contribution in [0.5, 0.6) is 5.75 Å². The van der Waals surface area contributed by atoms with Gasteiger partial charge in [-0.15, -0.1) is 0 Å². The summed E-state index contributed by atoms with van der Waals surface area (Å²) in [4.78, 5) is 0. The third-order valence-corrected chi connectivity index (χ3v) is 4.21. The van der Waals surface area contributed by atoms with E-state index in [0.717, 1.165) is 18.6 Å².